The zero-order valence-electron chi connectivity index (χ0n) is 21.7. The summed E-state index contributed by atoms with van der Waals surface area (Å²) in [5.74, 6) is 0. The standard InChI is InChI=1S/C33H31N2O/c1-20-12-14-25-26-15-13-21(19-34)30(24-16-17-27(33(2,3)4)23-10-8-9-22(23)24)32(26)36-31(25)29(20)28-11-6-7-18-35(28)5/h6-7,11-18H,8-10H2,1-5H3/q+1. The number of hydrogen-bond donors (Lipinski definition) is 0. The molecule has 0 bridgehead atoms. The number of rotatable bonds is 2. The van der Waals surface area contributed by atoms with Gasteiger partial charge in [-0.25, -0.2) is 4.57 Å². The molecular weight excluding hydrogens is 440 g/mol. The molecule has 1 aliphatic carbocycles. The molecule has 2 aromatic heterocycles. The van der Waals surface area contributed by atoms with Crippen LogP contribution in [0.1, 0.15) is 55.0 Å². The van der Waals surface area contributed by atoms with Crippen LogP contribution in [0.15, 0.2) is 65.2 Å². The second-order valence-electron chi connectivity index (χ2n) is 11.1. The molecule has 0 unspecified atom stereocenters. The van der Waals surface area contributed by atoms with Crippen LogP contribution in [-0.4, -0.2) is 0 Å². The monoisotopic (exact) mass is 471 g/mol. The summed E-state index contributed by atoms with van der Waals surface area (Å²) in [5, 5.41) is 12.3. The fraction of sp³-hybridized carbons (Fsp3) is 0.273. The van der Waals surface area contributed by atoms with Crippen LogP contribution in [0.2, 0.25) is 0 Å². The number of benzene rings is 3. The van der Waals surface area contributed by atoms with E-state index in [-0.39, 0.29) is 5.41 Å². The maximum absolute atomic E-state index is 10.2. The predicted octanol–water partition coefficient (Wildman–Crippen LogP) is 7.71. The van der Waals surface area contributed by atoms with Crippen molar-refractivity contribution in [3.05, 3.63) is 88.6 Å². The number of pyridine rings is 1. The third-order valence-electron chi connectivity index (χ3n) is 7.81. The lowest BCUT2D eigenvalue weighted by atomic mass is 9.80. The fourth-order valence-electron chi connectivity index (χ4n) is 6.11. The quantitative estimate of drug-likeness (QED) is 0.247. The van der Waals surface area contributed by atoms with E-state index in [2.05, 4.69) is 94.0 Å². The first-order valence-electron chi connectivity index (χ1n) is 12.8. The highest BCUT2D eigenvalue weighted by molar-refractivity contribution is 6.14. The van der Waals surface area contributed by atoms with E-state index < -0.39 is 0 Å². The molecule has 3 heteroatoms. The molecule has 0 spiro atoms. The molecule has 0 atom stereocenters. The Morgan fingerprint density at radius 2 is 1.58 bits per heavy atom. The van der Waals surface area contributed by atoms with E-state index in [4.69, 9.17) is 4.42 Å². The summed E-state index contributed by atoms with van der Waals surface area (Å²) in [4.78, 5) is 0. The molecule has 0 aliphatic heterocycles. The first-order valence-corrected chi connectivity index (χ1v) is 12.8. The summed E-state index contributed by atoms with van der Waals surface area (Å²) in [6.45, 7) is 8.99. The zero-order valence-corrected chi connectivity index (χ0v) is 21.7. The van der Waals surface area contributed by atoms with Gasteiger partial charge in [0.1, 0.15) is 18.2 Å². The van der Waals surface area contributed by atoms with Gasteiger partial charge in [-0.05, 0) is 77.6 Å². The Morgan fingerprint density at radius 3 is 2.31 bits per heavy atom. The maximum atomic E-state index is 10.2. The average Bonchev–Trinajstić information content (AvgIpc) is 3.48. The van der Waals surface area contributed by atoms with Crippen molar-refractivity contribution in [2.75, 3.05) is 0 Å². The molecule has 0 fully saturated rings. The molecule has 178 valence electrons. The van der Waals surface area contributed by atoms with Crippen LogP contribution >= 0.6 is 0 Å². The van der Waals surface area contributed by atoms with E-state index in [9.17, 15) is 5.26 Å². The van der Waals surface area contributed by atoms with E-state index in [0.717, 1.165) is 63.6 Å². The number of aromatic nitrogens is 1. The van der Waals surface area contributed by atoms with Crippen LogP contribution in [0.25, 0.3) is 44.3 Å². The van der Waals surface area contributed by atoms with Crippen LogP contribution in [0.3, 0.4) is 0 Å². The van der Waals surface area contributed by atoms with Gasteiger partial charge in [0, 0.05) is 28.5 Å². The van der Waals surface area contributed by atoms with E-state index in [1.54, 1.807) is 0 Å². The zero-order chi connectivity index (χ0) is 25.2. The minimum atomic E-state index is 0.0913. The summed E-state index contributed by atoms with van der Waals surface area (Å²) >= 11 is 0. The van der Waals surface area contributed by atoms with Crippen molar-refractivity contribution >= 4 is 21.9 Å². The summed E-state index contributed by atoms with van der Waals surface area (Å²) in [5.41, 5.74) is 12.2. The van der Waals surface area contributed by atoms with E-state index >= 15 is 0 Å². The van der Waals surface area contributed by atoms with E-state index in [0.29, 0.717) is 5.56 Å². The smallest absolute Gasteiger partial charge is 0.216 e. The van der Waals surface area contributed by atoms with Crippen LogP contribution < -0.4 is 4.57 Å². The SMILES string of the molecule is Cc1ccc2c(oc3c(-c4ccc(C(C)(C)C)c5c4CCC5)c(C#N)ccc32)c1-c1cccc[n+]1C. The Hall–Kier alpha value is -3.90. The number of furan rings is 1. The third-order valence-corrected chi connectivity index (χ3v) is 7.81. The highest BCUT2D eigenvalue weighted by atomic mass is 16.3. The molecule has 3 nitrogen and oxygen atoms in total. The second-order valence-corrected chi connectivity index (χ2v) is 11.1. The predicted molar refractivity (Wildman–Crippen MR) is 146 cm³/mol. The van der Waals surface area contributed by atoms with Crippen molar-refractivity contribution in [3.63, 3.8) is 0 Å². The molecule has 0 radical (unpaired) electrons. The molecule has 0 saturated heterocycles. The lowest BCUT2D eigenvalue weighted by Gasteiger charge is -2.24. The van der Waals surface area contributed by atoms with Crippen LogP contribution in [0, 0.1) is 18.3 Å². The van der Waals surface area contributed by atoms with Crippen molar-refractivity contribution in [1.29, 1.82) is 5.26 Å². The Labute approximate surface area is 212 Å². The van der Waals surface area contributed by atoms with Gasteiger partial charge in [-0.15, -0.1) is 0 Å². The second kappa shape index (κ2) is 8.07. The van der Waals surface area contributed by atoms with Gasteiger partial charge in [-0.2, -0.15) is 5.26 Å². The lowest BCUT2D eigenvalue weighted by molar-refractivity contribution is -0.660. The number of nitrogens with zero attached hydrogens (tertiary/aromatic N) is 2. The van der Waals surface area contributed by atoms with E-state index in [1.807, 2.05) is 12.1 Å². The van der Waals surface area contributed by atoms with Gasteiger partial charge in [-0.1, -0.05) is 45.0 Å². The van der Waals surface area contributed by atoms with E-state index in [1.165, 1.54) is 22.3 Å². The molecule has 0 N–H and O–H groups in total. The Kier molecular flexibility index (Phi) is 5.05. The van der Waals surface area contributed by atoms with Crippen LogP contribution in [0.5, 0.6) is 0 Å². The molecule has 0 saturated carbocycles. The van der Waals surface area contributed by atoms with Gasteiger partial charge in [0.05, 0.1) is 17.2 Å². The van der Waals surface area contributed by atoms with Gasteiger partial charge < -0.3 is 4.42 Å². The Balaban J connectivity index is 1.71. The summed E-state index contributed by atoms with van der Waals surface area (Å²) in [6, 6.07) is 21.6. The normalized spacial score (nSPS) is 13.3. The first-order chi connectivity index (χ1) is 17.3. The summed E-state index contributed by atoms with van der Waals surface area (Å²) in [7, 11) is 2.07. The van der Waals surface area contributed by atoms with Crippen molar-refractivity contribution in [2.45, 2.75) is 52.4 Å². The maximum Gasteiger partial charge on any atom is 0.216 e. The molecule has 2 heterocycles. The third kappa shape index (κ3) is 3.28. The number of hydrogen-bond acceptors (Lipinski definition) is 2. The van der Waals surface area contributed by atoms with Gasteiger partial charge in [0.2, 0.25) is 5.69 Å². The average molecular weight is 472 g/mol. The van der Waals surface area contributed by atoms with Crippen molar-refractivity contribution < 1.29 is 8.98 Å². The van der Waals surface area contributed by atoms with Gasteiger partial charge in [0.25, 0.3) is 0 Å². The topological polar surface area (TPSA) is 40.8 Å². The van der Waals surface area contributed by atoms with Crippen molar-refractivity contribution in [2.24, 2.45) is 7.05 Å². The minimum Gasteiger partial charge on any atom is -0.454 e. The highest BCUT2D eigenvalue weighted by Crippen LogP contribution is 2.45. The highest BCUT2D eigenvalue weighted by Gasteiger charge is 2.28. The van der Waals surface area contributed by atoms with Gasteiger partial charge in [0.15, 0.2) is 6.20 Å². The number of nitriles is 1. The molecule has 5 aromatic rings. The number of aryl methyl sites for hydroxylation is 2. The Bertz CT molecular complexity index is 1720. The van der Waals surface area contributed by atoms with Gasteiger partial charge in [-0.3, -0.25) is 0 Å². The molecule has 3 aromatic carbocycles. The Morgan fingerprint density at radius 1 is 0.861 bits per heavy atom. The molecule has 0 amide bonds. The number of fused-ring (bicyclic) bond motifs is 4. The van der Waals surface area contributed by atoms with Crippen LogP contribution in [0.4, 0.5) is 0 Å². The molecule has 6 rings (SSSR count). The largest absolute Gasteiger partial charge is 0.454 e. The van der Waals surface area contributed by atoms with Crippen molar-refractivity contribution in [3.8, 4) is 28.5 Å². The molecule has 36 heavy (non-hydrogen) atoms. The first kappa shape index (κ1) is 22.6. The van der Waals surface area contributed by atoms with Gasteiger partial charge >= 0.3 is 0 Å². The summed E-state index contributed by atoms with van der Waals surface area (Å²) < 4.78 is 8.93. The molecule has 1 aliphatic rings. The summed E-state index contributed by atoms with van der Waals surface area (Å²) in [6.07, 6.45) is 5.36. The minimum absolute atomic E-state index is 0.0913. The molecular formula is C33H31N2O+. The fourth-order valence-corrected chi connectivity index (χ4v) is 6.11. The van der Waals surface area contributed by atoms with Crippen LogP contribution in [-0.2, 0) is 25.3 Å². The lowest BCUT2D eigenvalue weighted by Crippen LogP contribution is -2.30. The van der Waals surface area contributed by atoms with Crippen molar-refractivity contribution in [1.82, 2.24) is 0 Å².